The molecule has 1 atom stereocenters. The molecule has 4 rings (SSSR count). The Morgan fingerprint density at radius 1 is 1.00 bits per heavy atom. The van der Waals surface area contributed by atoms with Crippen molar-refractivity contribution in [3.05, 3.63) is 72.8 Å². The Morgan fingerprint density at radius 3 is 2.58 bits per heavy atom. The number of rotatable bonds is 6. The lowest BCUT2D eigenvalue weighted by Gasteiger charge is -2.29. The quantitative estimate of drug-likeness (QED) is 0.743. The topological polar surface area (TPSA) is 50.5 Å². The molecule has 0 saturated heterocycles. The van der Waals surface area contributed by atoms with Gasteiger partial charge in [0.25, 0.3) is 0 Å². The van der Waals surface area contributed by atoms with Crippen LogP contribution in [0.5, 0.6) is 5.75 Å². The minimum Gasteiger partial charge on any atom is -0.491 e. The van der Waals surface area contributed by atoms with Crippen LogP contribution in [0.15, 0.2) is 67.0 Å². The Bertz CT molecular complexity index is 830. The second kappa shape index (κ2) is 7.72. The van der Waals surface area contributed by atoms with Gasteiger partial charge in [0, 0.05) is 32.0 Å². The largest absolute Gasteiger partial charge is 0.491 e. The van der Waals surface area contributed by atoms with Crippen LogP contribution in [-0.2, 0) is 13.1 Å². The lowest BCUT2D eigenvalue weighted by atomic mass is 10.1. The highest BCUT2D eigenvalue weighted by Gasteiger charge is 2.19. The molecule has 5 nitrogen and oxygen atoms in total. The second-order valence-corrected chi connectivity index (χ2v) is 6.63. The van der Waals surface area contributed by atoms with E-state index >= 15 is 0 Å². The SMILES string of the molecule is O[C@H](COc1ccc(-c2ccccc2)cc1)CN1CCn2ccnc2C1. The first kappa shape index (κ1) is 16.8. The zero-order chi connectivity index (χ0) is 17.8. The molecule has 1 aliphatic rings. The van der Waals surface area contributed by atoms with Gasteiger partial charge in [0.1, 0.15) is 24.3 Å². The van der Waals surface area contributed by atoms with Crippen LogP contribution in [0.2, 0.25) is 0 Å². The van der Waals surface area contributed by atoms with Crippen LogP contribution in [0.1, 0.15) is 5.82 Å². The third kappa shape index (κ3) is 3.95. The van der Waals surface area contributed by atoms with Crippen molar-refractivity contribution in [2.75, 3.05) is 19.7 Å². The van der Waals surface area contributed by atoms with Crippen LogP contribution in [0.25, 0.3) is 11.1 Å². The van der Waals surface area contributed by atoms with Gasteiger partial charge in [-0.25, -0.2) is 4.98 Å². The molecule has 5 heteroatoms. The molecule has 0 radical (unpaired) electrons. The van der Waals surface area contributed by atoms with Gasteiger partial charge in [0.05, 0.1) is 6.54 Å². The maximum atomic E-state index is 10.3. The fraction of sp³-hybridized carbons (Fsp3) is 0.286. The number of fused-ring (bicyclic) bond motifs is 1. The molecule has 0 bridgehead atoms. The minimum absolute atomic E-state index is 0.287. The van der Waals surface area contributed by atoms with Crippen molar-refractivity contribution in [2.45, 2.75) is 19.2 Å². The van der Waals surface area contributed by atoms with E-state index < -0.39 is 6.10 Å². The molecular formula is C21H23N3O2. The van der Waals surface area contributed by atoms with E-state index in [1.807, 2.05) is 54.9 Å². The normalized spacial score (nSPS) is 15.4. The predicted octanol–water partition coefficient (Wildman–Crippen LogP) is 2.81. The molecule has 3 aromatic rings. The third-order valence-electron chi connectivity index (χ3n) is 4.70. The number of benzene rings is 2. The first-order valence-corrected chi connectivity index (χ1v) is 8.96. The van der Waals surface area contributed by atoms with Gasteiger partial charge in [0.15, 0.2) is 0 Å². The molecule has 1 aliphatic heterocycles. The zero-order valence-corrected chi connectivity index (χ0v) is 14.7. The Labute approximate surface area is 153 Å². The van der Waals surface area contributed by atoms with E-state index in [2.05, 4.69) is 26.6 Å². The number of hydrogen-bond donors (Lipinski definition) is 1. The van der Waals surface area contributed by atoms with E-state index in [0.717, 1.165) is 36.8 Å². The summed E-state index contributed by atoms with van der Waals surface area (Å²) in [7, 11) is 0. The van der Waals surface area contributed by atoms with Gasteiger partial charge in [0.2, 0.25) is 0 Å². The van der Waals surface area contributed by atoms with Crippen molar-refractivity contribution < 1.29 is 9.84 Å². The number of aliphatic hydroxyl groups excluding tert-OH is 1. The highest BCUT2D eigenvalue weighted by atomic mass is 16.5. The van der Waals surface area contributed by atoms with Crippen LogP contribution < -0.4 is 4.74 Å². The van der Waals surface area contributed by atoms with E-state index in [0.29, 0.717) is 6.54 Å². The van der Waals surface area contributed by atoms with E-state index in [1.165, 1.54) is 5.56 Å². The maximum absolute atomic E-state index is 10.3. The van der Waals surface area contributed by atoms with Crippen LogP contribution in [0.3, 0.4) is 0 Å². The van der Waals surface area contributed by atoms with Gasteiger partial charge in [-0.15, -0.1) is 0 Å². The number of imidazole rings is 1. The Kier molecular flexibility index (Phi) is 5.00. The molecule has 0 aliphatic carbocycles. The predicted molar refractivity (Wildman–Crippen MR) is 101 cm³/mol. The van der Waals surface area contributed by atoms with Gasteiger partial charge >= 0.3 is 0 Å². The smallest absolute Gasteiger partial charge is 0.122 e. The van der Waals surface area contributed by atoms with Crippen molar-refractivity contribution in [3.63, 3.8) is 0 Å². The zero-order valence-electron chi connectivity index (χ0n) is 14.7. The maximum Gasteiger partial charge on any atom is 0.122 e. The molecular weight excluding hydrogens is 326 g/mol. The summed E-state index contributed by atoms with van der Waals surface area (Å²) in [4.78, 5) is 6.57. The van der Waals surface area contributed by atoms with Crippen molar-refractivity contribution in [2.24, 2.45) is 0 Å². The van der Waals surface area contributed by atoms with E-state index in [1.54, 1.807) is 0 Å². The average molecular weight is 349 g/mol. The summed E-state index contributed by atoms with van der Waals surface area (Å²) in [5, 5.41) is 10.3. The lowest BCUT2D eigenvalue weighted by molar-refractivity contribution is 0.0583. The molecule has 1 aromatic heterocycles. The second-order valence-electron chi connectivity index (χ2n) is 6.63. The molecule has 134 valence electrons. The molecule has 2 heterocycles. The fourth-order valence-electron chi connectivity index (χ4n) is 3.30. The Balaban J connectivity index is 1.27. The number of β-amino-alcohol motifs (C(OH)–C–C–N with tert-alkyl or cyclic N) is 1. The standard InChI is InChI=1S/C21H23N3O2/c25-19(14-23-12-13-24-11-10-22-21(24)15-23)16-26-20-8-6-18(7-9-20)17-4-2-1-3-5-17/h1-11,19,25H,12-16H2/t19-/m0/s1. The summed E-state index contributed by atoms with van der Waals surface area (Å²) in [6, 6.07) is 18.2. The van der Waals surface area contributed by atoms with Crippen molar-refractivity contribution in [1.29, 1.82) is 0 Å². The lowest BCUT2D eigenvalue weighted by Crippen LogP contribution is -2.40. The number of nitrogens with zero attached hydrogens (tertiary/aromatic N) is 3. The molecule has 26 heavy (non-hydrogen) atoms. The van der Waals surface area contributed by atoms with E-state index in [9.17, 15) is 5.11 Å². The Morgan fingerprint density at radius 2 is 1.77 bits per heavy atom. The van der Waals surface area contributed by atoms with Crippen molar-refractivity contribution in [3.8, 4) is 16.9 Å². The Hall–Kier alpha value is -2.63. The van der Waals surface area contributed by atoms with Gasteiger partial charge in [-0.3, -0.25) is 4.90 Å². The number of hydrogen-bond acceptors (Lipinski definition) is 4. The number of ether oxygens (including phenoxy) is 1. The van der Waals surface area contributed by atoms with Crippen LogP contribution in [-0.4, -0.2) is 45.4 Å². The fourth-order valence-corrected chi connectivity index (χ4v) is 3.30. The molecule has 0 spiro atoms. The van der Waals surface area contributed by atoms with E-state index in [-0.39, 0.29) is 6.61 Å². The molecule has 0 saturated carbocycles. The first-order chi connectivity index (χ1) is 12.8. The molecule has 1 N–H and O–H groups in total. The van der Waals surface area contributed by atoms with Gasteiger partial charge in [-0.05, 0) is 23.3 Å². The van der Waals surface area contributed by atoms with Crippen LogP contribution in [0.4, 0.5) is 0 Å². The summed E-state index contributed by atoms with van der Waals surface area (Å²) < 4.78 is 7.92. The number of aromatic nitrogens is 2. The summed E-state index contributed by atoms with van der Waals surface area (Å²) in [5.74, 6) is 1.83. The monoisotopic (exact) mass is 349 g/mol. The van der Waals surface area contributed by atoms with Gasteiger partial charge in [-0.1, -0.05) is 42.5 Å². The molecule has 0 unspecified atom stereocenters. The van der Waals surface area contributed by atoms with Crippen LogP contribution in [0, 0.1) is 0 Å². The van der Waals surface area contributed by atoms with Gasteiger partial charge < -0.3 is 14.4 Å². The summed E-state index contributed by atoms with van der Waals surface area (Å²) in [5.41, 5.74) is 2.34. The van der Waals surface area contributed by atoms with Crippen molar-refractivity contribution in [1.82, 2.24) is 14.5 Å². The molecule has 0 fully saturated rings. The average Bonchev–Trinajstić information content (AvgIpc) is 3.15. The van der Waals surface area contributed by atoms with Crippen LogP contribution >= 0.6 is 0 Å². The highest BCUT2D eigenvalue weighted by molar-refractivity contribution is 5.63. The van der Waals surface area contributed by atoms with E-state index in [4.69, 9.17) is 4.74 Å². The third-order valence-corrected chi connectivity index (χ3v) is 4.70. The summed E-state index contributed by atoms with van der Waals surface area (Å²) in [6.45, 7) is 3.50. The summed E-state index contributed by atoms with van der Waals surface area (Å²) in [6.07, 6.45) is 3.31. The summed E-state index contributed by atoms with van der Waals surface area (Å²) >= 11 is 0. The first-order valence-electron chi connectivity index (χ1n) is 8.96. The van der Waals surface area contributed by atoms with Gasteiger partial charge in [-0.2, -0.15) is 0 Å². The minimum atomic E-state index is -0.523. The molecule has 2 aromatic carbocycles. The highest BCUT2D eigenvalue weighted by Crippen LogP contribution is 2.22. The number of aliphatic hydroxyl groups is 1. The molecule has 0 amide bonds. The van der Waals surface area contributed by atoms with Crippen molar-refractivity contribution >= 4 is 0 Å².